The maximum absolute atomic E-state index is 6.61. The smallest absolute Gasteiger partial charge is 0.0967 e. The molecule has 11 rings (SSSR count). The predicted molar refractivity (Wildman–Crippen MR) is 315 cm³/mol. The maximum atomic E-state index is 6.61. The van der Waals surface area contributed by atoms with Crippen molar-refractivity contribution >= 4 is 76.0 Å². The van der Waals surface area contributed by atoms with Gasteiger partial charge in [0.05, 0.1) is 17.1 Å². The number of terminal acetylenes is 1. The first-order valence-corrected chi connectivity index (χ1v) is 25.7. The van der Waals surface area contributed by atoms with Crippen molar-refractivity contribution in [2.75, 3.05) is 4.90 Å². The lowest BCUT2D eigenvalue weighted by Crippen LogP contribution is -2.17. The van der Waals surface area contributed by atoms with Crippen LogP contribution in [0.5, 0.6) is 0 Å². The van der Waals surface area contributed by atoms with Crippen molar-refractivity contribution < 1.29 is 0 Å². The number of hydrogen-bond acceptors (Lipinski definition) is 1. The third-order valence-electron chi connectivity index (χ3n) is 14.8. The Morgan fingerprint density at radius 1 is 0.472 bits per heavy atom. The number of rotatable bonds is 10. The average molecular weight is 930 g/mol. The van der Waals surface area contributed by atoms with Gasteiger partial charge in [-0.25, -0.2) is 0 Å². The van der Waals surface area contributed by atoms with Crippen molar-refractivity contribution in [1.29, 1.82) is 0 Å². The molecule has 1 heteroatoms. The average Bonchev–Trinajstić information content (AvgIpc) is 3.41. The molecule has 0 aliphatic heterocycles. The van der Waals surface area contributed by atoms with Crippen molar-refractivity contribution in [3.8, 4) is 23.5 Å². The minimum Gasteiger partial charge on any atom is -0.301 e. The van der Waals surface area contributed by atoms with Gasteiger partial charge < -0.3 is 4.90 Å². The molecule has 0 heterocycles. The summed E-state index contributed by atoms with van der Waals surface area (Å²) in [6, 6.07) is 75.5. The molecule has 1 atom stereocenters. The Hall–Kier alpha value is -8.18. The van der Waals surface area contributed by atoms with E-state index in [0.717, 1.165) is 39.7 Å². The summed E-state index contributed by atoms with van der Waals surface area (Å²) in [5.41, 5.74) is 12.2. The second kappa shape index (κ2) is 20.7. The van der Waals surface area contributed by atoms with E-state index < -0.39 is 0 Å². The number of fused-ring (bicyclic) bond motifs is 6. The first kappa shape index (κ1) is 47.5. The van der Waals surface area contributed by atoms with Crippen molar-refractivity contribution in [2.45, 2.75) is 66.7 Å². The van der Waals surface area contributed by atoms with Gasteiger partial charge >= 0.3 is 0 Å². The number of hydrogen-bond donors (Lipinski definition) is 0. The topological polar surface area (TPSA) is 3.24 Å². The Labute approximate surface area is 426 Å². The normalized spacial score (nSPS) is 12.5. The lowest BCUT2D eigenvalue weighted by molar-refractivity contribution is 0.769. The molecule has 0 saturated carbocycles. The summed E-state index contributed by atoms with van der Waals surface area (Å²) in [5.74, 6) is 4.48. The van der Waals surface area contributed by atoms with Crippen LogP contribution < -0.4 is 4.90 Å². The molecule has 0 aliphatic rings. The lowest BCUT2D eigenvalue weighted by Gasteiger charge is -2.30. The summed E-state index contributed by atoms with van der Waals surface area (Å²) < 4.78 is 0. The largest absolute Gasteiger partial charge is 0.301 e. The zero-order valence-electron chi connectivity index (χ0n) is 42.7. The maximum Gasteiger partial charge on any atom is 0.0967 e. The van der Waals surface area contributed by atoms with Gasteiger partial charge in [-0.05, 0) is 126 Å². The number of aryl methyl sites for hydroxylation is 1. The summed E-state index contributed by atoms with van der Waals surface area (Å²) in [4.78, 5) is 2.34. The highest BCUT2D eigenvalue weighted by Gasteiger charge is 2.27. The molecule has 0 saturated heterocycles. The van der Waals surface area contributed by atoms with Crippen LogP contribution in [-0.2, 0) is 6.42 Å². The first-order valence-electron chi connectivity index (χ1n) is 25.7. The van der Waals surface area contributed by atoms with E-state index in [1.54, 1.807) is 0 Å². The lowest BCUT2D eigenvalue weighted by atomic mass is 9.80. The van der Waals surface area contributed by atoms with Gasteiger partial charge in [0, 0.05) is 16.2 Å². The Morgan fingerprint density at radius 2 is 0.903 bits per heavy atom. The van der Waals surface area contributed by atoms with Crippen molar-refractivity contribution in [3.05, 3.63) is 252 Å². The third-order valence-corrected chi connectivity index (χ3v) is 14.8. The van der Waals surface area contributed by atoms with Gasteiger partial charge in [0.2, 0.25) is 0 Å². The van der Waals surface area contributed by atoms with E-state index in [9.17, 15) is 0 Å². The first-order chi connectivity index (χ1) is 35.1. The van der Waals surface area contributed by atoms with E-state index in [1.807, 2.05) is 0 Å². The van der Waals surface area contributed by atoms with E-state index in [-0.39, 0.29) is 5.92 Å². The molecule has 352 valence electrons. The van der Waals surface area contributed by atoms with Gasteiger partial charge in [-0.2, -0.15) is 0 Å². The third kappa shape index (κ3) is 9.07. The fourth-order valence-corrected chi connectivity index (χ4v) is 10.8. The van der Waals surface area contributed by atoms with Gasteiger partial charge in [-0.1, -0.05) is 258 Å². The predicted octanol–water partition coefficient (Wildman–Crippen LogP) is 20.0. The minimum absolute atomic E-state index is 0.261. The van der Waals surface area contributed by atoms with Crippen molar-refractivity contribution in [1.82, 2.24) is 0 Å². The highest BCUT2D eigenvalue weighted by Crippen LogP contribution is 2.51. The van der Waals surface area contributed by atoms with Crippen LogP contribution in [0.3, 0.4) is 0 Å². The number of allylic oxidation sites excluding steroid dienone is 4. The molecular weight excluding hydrogens is 867 g/mol. The Kier molecular flexibility index (Phi) is 13.6. The van der Waals surface area contributed by atoms with E-state index in [1.165, 1.54) is 87.4 Å². The van der Waals surface area contributed by atoms with Crippen LogP contribution in [0.15, 0.2) is 230 Å². The van der Waals surface area contributed by atoms with Crippen LogP contribution in [0.25, 0.3) is 75.8 Å². The van der Waals surface area contributed by atoms with E-state index in [0.29, 0.717) is 11.8 Å². The standard InChI is InChI=1S/C61H49N.C10H14/c1-6-46(38-37-41(4)40(2)3)62(57-36-20-24-44-22-8-10-27-48(44)57)61-55-34-17-15-32-53(55)60(54-33-16-18-35-56(54)61)59-51-30-13-11-28-49(51)58(50-29-12-14-31-52(50)59)42(5)39-45-25-19-23-43-21-7-9-26-47(43)45;1-8(2)10-6-4-9(3)5-7-10/h1,7-38,40,42H,39H2,2-5H3;4-8H,1-3H3/b41-37+,46-38+;. The van der Waals surface area contributed by atoms with Crippen molar-refractivity contribution in [2.24, 2.45) is 5.92 Å². The Morgan fingerprint density at radius 3 is 1.42 bits per heavy atom. The fourth-order valence-electron chi connectivity index (χ4n) is 10.8. The van der Waals surface area contributed by atoms with Gasteiger partial charge in [0.25, 0.3) is 0 Å². The molecule has 0 N–H and O–H groups in total. The molecule has 72 heavy (non-hydrogen) atoms. The van der Waals surface area contributed by atoms with Gasteiger partial charge in [-0.15, -0.1) is 6.42 Å². The van der Waals surface area contributed by atoms with Crippen LogP contribution in [0, 0.1) is 25.2 Å². The minimum atomic E-state index is 0.261. The zero-order valence-corrected chi connectivity index (χ0v) is 42.7. The molecule has 0 bridgehead atoms. The molecule has 1 nitrogen and oxygen atoms in total. The highest BCUT2D eigenvalue weighted by atomic mass is 15.2. The molecule has 0 fully saturated rings. The van der Waals surface area contributed by atoms with Crippen LogP contribution in [0.4, 0.5) is 11.4 Å². The number of benzene rings is 11. The van der Waals surface area contributed by atoms with Crippen molar-refractivity contribution in [3.63, 3.8) is 0 Å². The van der Waals surface area contributed by atoms with E-state index in [2.05, 4.69) is 278 Å². The SMILES string of the molecule is C#C/C(=C\C=C(/C)C(C)C)N(c1cccc2ccccc12)c1c2ccccc2c(-c2c3ccccc3c(C(C)Cc3cccc4ccccc34)c3ccccc23)c2ccccc12.Cc1ccc(C(C)C)cc1. The quantitative estimate of drug-likeness (QED) is 0.0750. The summed E-state index contributed by atoms with van der Waals surface area (Å²) in [6.45, 7) is 15.6. The molecule has 0 radical (unpaired) electrons. The van der Waals surface area contributed by atoms with Gasteiger partial charge in [0.15, 0.2) is 0 Å². The summed E-state index contributed by atoms with van der Waals surface area (Å²) >= 11 is 0. The molecule has 1 unspecified atom stereocenters. The van der Waals surface area contributed by atoms with Crippen LogP contribution in [0.2, 0.25) is 0 Å². The zero-order chi connectivity index (χ0) is 49.9. The molecule has 11 aromatic rings. The molecular formula is C71H63N. The second-order valence-electron chi connectivity index (χ2n) is 20.1. The molecule has 0 aliphatic carbocycles. The van der Waals surface area contributed by atoms with E-state index in [4.69, 9.17) is 6.42 Å². The molecule has 0 aromatic heterocycles. The number of anilines is 2. The summed E-state index contributed by atoms with van der Waals surface area (Å²) in [7, 11) is 0. The summed E-state index contributed by atoms with van der Waals surface area (Å²) in [6.07, 6.45) is 11.9. The Balaban J connectivity index is 0.000000535. The molecule has 11 aromatic carbocycles. The summed E-state index contributed by atoms with van der Waals surface area (Å²) in [5, 5.41) is 14.7. The molecule has 0 amide bonds. The van der Waals surface area contributed by atoms with Gasteiger partial charge in [0.1, 0.15) is 0 Å². The highest BCUT2D eigenvalue weighted by molar-refractivity contribution is 6.28. The second-order valence-corrected chi connectivity index (χ2v) is 20.1. The molecule has 0 spiro atoms. The van der Waals surface area contributed by atoms with Crippen LogP contribution in [-0.4, -0.2) is 0 Å². The fraction of sp³-hybridized carbons (Fsp3) is 0.155. The van der Waals surface area contributed by atoms with Crippen LogP contribution >= 0.6 is 0 Å². The van der Waals surface area contributed by atoms with Gasteiger partial charge in [-0.3, -0.25) is 0 Å². The van der Waals surface area contributed by atoms with Crippen LogP contribution in [0.1, 0.15) is 75.6 Å². The monoisotopic (exact) mass is 929 g/mol. The number of nitrogens with zero attached hydrogens (tertiary/aromatic N) is 1. The Bertz CT molecular complexity index is 3770. The van der Waals surface area contributed by atoms with E-state index >= 15 is 0 Å².